The Balaban J connectivity index is 1.31. The molecule has 1 aliphatic heterocycles. The monoisotopic (exact) mass is 463 g/mol. The maximum absolute atomic E-state index is 13.9. The summed E-state index contributed by atoms with van der Waals surface area (Å²) in [6, 6.07) is 8.06. The summed E-state index contributed by atoms with van der Waals surface area (Å²) in [4.78, 5) is 14.6. The molecule has 1 N–H and O–H groups in total. The Morgan fingerprint density at radius 1 is 1.03 bits per heavy atom. The normalized spacial score (nSPS) is 18.3. The number of benzene rings is 2. The van der Waals surface area contributed by atoms with E-state index in [-0.39, 0.29) is 18.0 Å². The van der Waals surface area contributed by atoms with Gasteiger partial charge < -0.3 is 5.32 Å². The number of halogens is 2. The highest BCUT2D eigenvalue weighted by atomic mass is 32.2. The summed E-state index contributed by atoms with van der Waals surface area (Å²) >= 11 is 0. The molecular weight excluding hydrogens is 436 g/mol. The summed E-state index contributed by atoms with van der Waals surface area (Å²) in [5.74, 6) is -1.67. The molecule has 1 heterocycles. The van der Waals surface area contributed by atoms with Crippen molar-refractivity contribution in [2.45, 2.75) is 37.1 Å². The maximum Gasteiger partial charge on any atom is 0.243 e. The van der Waals surface area contributed by atoms with Crippen molar-refractivity contribution in [1.82, 2.24) is 14.5 Å². The Morgan fingerprint density at radius 2 is 1.75 bits per heavy atom. The molecule has 4 rings (SSSR count). The lowest BCUT2D eigenvalue weighted by Gasteiger charge is -2.33. The fourth-order valence-corrected chi connectivity index (χ4v) is 5.88. The molecule has 2 aromatic carbocycles. The molecule has 172 valence electrons. The molecular formula is C23H27F2N3O3S. The smallest absolute Gasteiger partial charge is 0.243 e. The number of nitrogens with one attached hydrogen (secondary N) is 1. The minimum atomic E-state index is -3.57. The number of aryl methyl sites for hydroxylation is 2. The van der Waals surface area contributed by atoms with E-state index in [4.69, 9.17) is 0 Å². The van der Waals surface area contributed by atoms with Gasteiger partial charge in [-0.1, -0.05) is 12.1 Å². The lowest BCUT2D eigenvalue weighted by atomic mass is 10.1. The molecule has 1 atom stereocenters. The van der Waals surface area contributed by atoms with Gasteiger partial charge in [0, 0.05) is 37.8 Å². The average Bonchev–Trinajstić information content (AvgIpc) is 3.22. The number of fused-ring (bicyclic) bond motifs is 1. The van der Waals surface area contributed by atoms with Gasteiger partial charge in [-0.2, -0.15) is 4.31 Å². The van der Waals surface area contributed by atoms with E-state index in [1.165, 1.54) is 15.9 Å². The third kappa shape index (κ3) is 4.84. The van der Waals surface area contributed by atoms with Crippen LogP contribution in [0.5, 0.6) is 0 Å². The van der Waals surface area contributed by atoms with Crippen molar-refractivity contribution in [2.24, 2.45) is 0 Å². The largest absolute Gasteiger partial charge is 0.348 e. The van der Waals surface area contributed by atoms with Crippen molar-refractivity contribution >= 4 is 15.9 Å². The number of sulfonamides is 1. The molecule has 0 radical (unpaired) electrons. The Kier molecular flexibility index (Phi) is 6.60. The minimum absolute atomic E-state index is 0.0832. The van der Waals surface area contributed by atoms with E-state index in [1.807, 2.05) is 11.0 Å². The lowest BCUT2D eigenvalue weighted by Crippen LogP contribution is -2.51. The van der Waals surface area contributed by atoms with Gasteiger partial charge in [-0.15, -0.1) is 0 Å². The number of carbonyl (C=O) groups excluding carboxylic acids is 1. The third-order valence-corrected chi connectivity index (χ3v) is 8.11. The van der Waals surface area contributed by atoms with Gasteiger partial charge >= 0.3 is 0 Å². The van der Waals surface area contributed by atoms with Crippen molar-refractivity contribution in [1.29, 1.82) is 0 Å². The second kappa shape index (κ2) is 9.25. The van der Waals surface area contributed by atoms with Crippen molar-refractivity contribution in [3.63, 3.8) is 0 Å². The van der Waals surface area contributed by atoms with E-state index in [0.29, 0.717) is 31.1 Å². The topological polar surface area (TPSA) is 69.7 Å². The molecule has 2 aliphatic rings. The first-order valence-electron chi connectivity index (χ1n) is 10.8. The number of hydrogen-bond donors (Lipinski definition) is 1. The molecule has 0 saturated carbocycles. The quantitative estimate of drug-likeness (QED) is 0.715. The molecule has 1 aliphatic carbocycles. The fraction of sp³-hybridized carbons (Fsp3) is 0.435. The van der Waals surface area contributed by atoms with Crippen molar-refractivity contribution in [3.8, 4) is 0 Å². The Bertz CT molecular complexity index is 1120. The average molecular weight is 464 g/mol. The number of rotatable bonds is 6. The molecule has 0 bridgehead atoms. The van der Waals surface area contributed by atoms with E-state index < -0.39 is 27.7 Å². The molecule has 9 heteroatoms. The second-order valence-corrected chi connectivity index (χ2v) is 10.4. The zero-order valence-corrected chi connectivity index (χ0v) is 18.8. The fourth-order valence-electron chi connectivity index (χ4n) is 4.41. The van der Waals surface area contributed by atoms with E-state index in [1.54, 1.807) is 19.1 Å². The summed E-state index contributed by atoms with van der Waals surface area (Å²) < 4.78 is 54.5. The molecule has 1 saturated heterocycles. The first-order chi connectivity index (χ1) is 15.2. The van der Waals surface area contributed by atoms with Gasteiger partial charge in [0.05, 0.1) is 17.5 Å². The predicted molar refractivity (Wildman–Crippen MR) is 117 cm³/mol. The molecule has 32 heavy (non-hydrogen) atoms. The second-order valence-electron chi connectivity index (χ2n) is 8.42. The van der Waals surface area contributed by atoms with Crippen LogP contribution in [0.3, 0.4) is 0 Å². The van der Waals surface area contributed by atoms with Crippen LogP contribution in [0, 0.1) is 11.6 Å². The predicted octanol–water partition coefficient (Wildman–Crippen LogP) is 2.64. The van der Waals surface area contributed by atoms with Gasteiger partial charge in [0.15, 0.2) is 0 Å². The van der Waals surface area contributed by atoms with Gasteiger partial charge in [0.1, 0.15) is 11.6 Å². The summed E-state index contributed by atoms with van der Waals surface area (Å²) in [6.45, 7) is 3.17. The maximum atomic E-state index is 13.9. The van der Waals surface area contributed by atoms with Crippen LogP contribution in [0.15, 0.2) is 41.3 Å². The van der Waals surface area contributed by atoms with Gasteiger partial charge in [-0.3, -0.25) is 9.69 Å². The van der Waals surface area contributed by atoms with Crippen molar-refractivity contribution in [2.75, 3.05) is 32.7 Å². The Labute approximate surface area is 187 Å². The van der Waals surface area contributed by atoms with Crippen LogP contribution in [-0.2, 0) is 27.7 Å². The summed E-state index contributed by atoms with van der Waals surface area (Å²) in [5.41, 5.74) is 2.56. The summed E-state index contributed by atoms with van der Waals surface area (Å²) in [6.07, 6.45) is 2.98. The van der Waals surface area contributed by atoms with Crippen molar-refractivity contribution in [3.05, 3.63) is 64.7 Å². The lowest BCUT2D eigenvalue weighted by molar-refractivity contribution is -0.123. The molecule has 1 fully saturated rings. The van der Waals surface area contributed by atoms with E-state index in [9.17, 15) is 22.0 Å². The molecule has 2 aromatic rings. The minimum Gasteiger partial charge on any atom is -0.348 e. The zero-order valence-electron chi connectivity index (χ0n) is 18.0. The van der Waals surface area contributed by atoms with E-state index in [2.05, 4.69) is 5.32 Å². The highest BCUT2D eigenvalue weighted by molar-refractivity contribution is 7.89. The van der Waals surface area contributed by atoms with E-state index >= 15 is 0 Å². The summed E-state index contributed by atoms with van der Waals surface area (Å²) in [7, 11) is -3.57. The first kappa shape index (κ1) is 22.8. The molecule has 0 aromatic heterocycles. The number of amides is 1. The standard InChI is InChI=1S/C23H27F2N3O3S/c1-16(21-8-6-19(24)14-22(21)25)26-23(29)15-27-9-11-28(12-10-27)32(30,31)20-7-5-17-3-2-4-18(17)13-20/h5-8,13-14,16H,2-4,9-12,15H2,1H3,(H,26,29)/t16-/m1/s1. The number of piperazine rings is 1. The van der Waals surface area contributed by atoms with Crippen LogP contribution in [0.1, 0.15) is 36.1 Å². The summed E-state index contributed by atoms with van der Waals surface area (Å²) in [5, 5.41) is 2.72. The molecule has 6 nitrogen and oxygen atoms in total. The van der Waals surface area contributed by atoms with Crippen molar-refractivity contribution < 1.29 is 22.0 Å². The highest BCUT2D eigenvalue weighted by Gasteiger charge is 2.30. The van der Waals surface area contributed by atoms with Gasteiger partial charge in [0.2, 0.25) is 15.9 Å². The van der Waals surface area contributed by atoms with Gasteiger partial charge in [-0.25, -0.2) is 17.2 Å². The molecule has 1 amide bonds. The molecule has 0 spiro atoms. The first-order valence-corrected chi connectivity index (χ1v) is 12.3. The van der Waals surface area contributed by atoms with Gasteiger partial charge in [0.25, 0.3) is 0 Å². The Morgan fingerprint density at radius 3 is 2.47 bits per heavy atom. The number of nitrogens with zero attached hydrogens (tertiary/aromatic N) is 2. The third-order valence-electron chi connectivity index (χ3n) is 6.21. The highest BCUT2D eigenvalue weighted by Crippen LogP contribution is 2.26. The molecule has 0 unspecified atom stereocenters. The van der Waals surface area contributed by atoms with E-state index in [0.717, 1.165) is 37.0 Å². The Hall–Kier alpha value is -2.36. The van der Waals surface area contributed by atoms with Crippen LogP contribution in [0.2, 0.25) is 0 Å². The number of hydrogen-bond acceptors (Lipinski definition) is 4. The van der Waals surface area contributed by atoms with Crippen LogP contribution >= 0.6 is 0 Å². The van der Waals surface area contributed by atoms with Crippen LogP contribution in [-0.4, -0.2) is 56.3 Å². The van der Waals surface area contributed by atoms with Crippen LogP contribution in [0.25, 0.3) is 0 Å². The van der Waals surface area contributed by atoms with Crippen LogP contribution in [0.4, 0.5) is 8.78 Å². The zero-order chi connectivity index (χ0) is 22.9. The van der Waals surface area contributed by atoms with Gasteiger partial charge in [-0.05, 0) is 55.5 Å². The number of carbonyl (C=O) groups is 1. The van der Waals surface area contributed by atoms with Crippen LogP contribution < -0.4 is 5.32 Å². The SMILES string of the molecule is C[C@@H](NC(=O)CN1CCN(S(=O)(=O)c2ccc3c(c2)CCC3)CC1)c1ccc(F)cc1F.